The normalized spacial score (nSPS) is 15.8. The molecule has 0 aliphatic carbocycles. The van der Waals surface area contributed by atoms with Crippen LogP contribution in [0.15, 0.2) is 65.2 Å². The monoisotopic (exact) mass is 404 g/mol. The van der Waals surface area contributed by atoms with Crippen molar-refractivity contribution in [1.82, 2.24) is 10.1 Å². The van der Waals surface area contributed by atoms with Gasteiger partial charge < -0.3 is 9.26 Å². The predicted octanol–water partition coefficient (Wildman–Crippen LogP) is 5.80. The van der Waals surface area contributed by atoms with E-state index in [0.717, 1.165) is 31.4 Å². The lowest BCUT2D eigenvalue weighted by Gasteiger charge is -2.32. The standard InChI is InChI=1S/C25H25FN2O2/c26-21-8-9-23-24(16-21)30-27-25(23)29-15-12-18-10-13-28(14-11-18)17-20-6-3-5-19-4-1-2-7-22(19)20/h1-9,16,18H,10-15,17H2. The molecule has 5 heteroatoms. The summed E-state index contributed by atoms with van der Waals surface area (Å²) < 4.78 is 24.2. The topological polar surface area (TPSA) is 38.5 Å². The molecule has 5 rings (SSSR count). The number of nitrogens with zero attached hydrogens (tertiary/aromatic N) is 2. The molecule has 0 N–H and O–H groups in total. The molecule has 0 saturated carbocycles. The molecule has 1 saturated heterocycles. The molecule has 154 valence electrons. The third-order valence-corrected chi connectivity index (χ3v) is 6.15. The van der Waals surface area contributed by atoms with Crippen LogP contribution in [-0.2, 0) is 6.54 Å². The van der Waals surface area contributed by atoms with Crippen molar-refractivity contribution in [3.05, 3.63) is 72.0 Å². The van der Waals surface area contributed by atoms with Crippen LogP contribution < -0.4 is 4.74 Å². The first kappa shape index (κ1) is 19.1. The van der Waals surface area contributed by atoms with E-state index in [9.17, 15) is 4.39 Å². The Balaban J connectivity index is 1.12. The summed E-state index contributed by atoms with van der Waals surface area (Å²) in [4.78, 5) is 2.55. The molecule has 0 atom stereocenters. The molecule has 0 unspecified atom stereocenters. The van der Waals surface area contributed by atoms with E-state index < -0.39 is 0 Å². The second kappa shape index (κ2) is 8.44. The highest BCUT2D eigenvalue weighted by Crippen LogP contribution is 2.27. The van der Waals surface area contributed by atoms with Gasteiger partial charge in [0.1, 0.15) is 5.82 Å². The number of hydrogen-bond donors (Lipinski definition) is 0. The van der Waals surface area contributed by atoms with Crippen molar-refractivity contribution in [3.8, 4) is 5.88 Å². The van der Waals surface area contributed by atoms with Crippen molar-refractivity contribution in [2.24, 2.45) is 5.92 Å². The minimum atomic E-state index is -0.333. The van der Waals surface area contributed by atoms with Gasteiger partial charge in [0.25, 0.3) is 5.88 Å². The van der Waals surface area contributed by atoms with Crippen LogP contribution in [0.3, 0.4) is 0 Å². The zero-order chi connectivity index (χ0) is 20.3. The van der Waals surface area contributed by atoms with Gasteiger partial charge in [-0.25, -0.2) is 4.39 Å². The number of ether oxygens (including phenoxy) is 1. The molecule has 0 spiro atoms. The van der Waals surface area contributed by atoms with Crippen LogP contribution in [-0.4, -0.2) is 29.8 Å². The van der Waals surface area contributed by atoms with E-state index in [-0.39, 0.29) is 5.82 Å². The predicted molar refractivity (Wildman–Crippen MR) is 116 cm³/mol. The lowest BCUT2D eigenvalue weighted by atomic mass is 9.93. The molecule has 0 amide bonds. The molecule has 0 bridgehead atoms. The first-order valence-corrected chi connectivity index (χ1v) is 10.6. The number of rotatable bonds is 6. The van der Waals surface area contributed by atoms with Crippen LogP contribution in [0.25, 0.3) is 21.7 Å². The minimum absolute atomic E-state index is 0.333. The Morgan fingerprint density at radius 2 is 1.83 bits per heavy atom. The average Bonchev–Trinajstić information content (AvgIpc) is 3.17. The number of benzene rings is 3. The Kier molecular flexibility index (Phi) is 5.37. The van der Waals surface area contributed by atoms with Crippen LogP contribution in [0, 0.1) is 11.7 Å². The van der Waals surface area contributed by atoms with E-state index in [2.05, 4.69) is 52.5 Å². The van der Waals surface area contributed by atoms with Crippen molar-refractivity contribution >= 4 is 21.7 Å². The molecule has 1 aliphatic rings. The fourth-order valence-electron chi connectivity index (χ4n) is 4.42. The first-order valence-electron chi connectivity index (χ1n) is 10.6. The fourth-order valence-corrected chi connectivity index (χ4v) is 4.42. The van der Waals surface area contributed by atoms with Crippen LogP contribution in [0.5, 0.6) is 5.88 Å². The largest absolute Gasteiger partial charge is 0.475 e. The van der Waals surface area contributed by atoms with E-state index >= 15 is 0 Å². The summed E-state index contributed by atoms with van der Waals surface area (Å²) in [5.74, 6) is 0.781. The van der Waals surface area contributed by atoms with Crippen LogP contribution in [0.4, 0.5) is 4.39 Å². The van der Waals surface area contributed by atoms with Crippen LogP contribution >= 0.6 is 0 Å². The lowest BCUT2D eigenvalue weighted by Crippen LogP contribution is -2.33. The van der Waals surface area contributed by atoms with Gasteiger partial charge in [0.2, 0.25) is 0 Å². The molecular formula is C25H25FN2O2. The maximum Gasteiger partial charge on any atom is 0.262 e. The number of hydrogen-bond acceptors (Lipinski definition) is 4. The Morgan fingerprint density at radius 1 is 1.00 bits per heavy atom. The second-order valence-corrected chi connectivity index (χ2v) is 8.12. The van der Waals surface area contributed by atoms with E-state index in [0.29, 0.717) is 24.0 Å². The summed E-state index contributed by atoms with van der Waals surface area (Å²) in [6, 6.07) is 19.6. The molecule has 4 aromatic rings. The summed E-state index contributed by atoms with van der Waals surface area (Å²) in [7, 11) is 0. The molecule has 0 radical (unpaired) electrons. The van der Waals surface area contributed by atoms with Crippen LogP contribution in [0.2, 0.25) is 0 Å². The highest BCUT2D eigenvalue weighted by Gasteiger charge is 2.20. The maximum atomic E-state index is 13.3. The van der Waals surface area contributed by atoms with Gasteiger partial charge >= 0.3 is 0 Å². The third kappa shape index (κ3) is 4.03. The van der Waals surface area contributed by atoms with Gasteiger partial charge in [-0.1, -0.05) is 42.5 Å². The number of halogens is 1. The third-order valence-electron chi connectivity index (χ3n) is 6.15. The zero-order valence-electron chi connectivity index (χ0n) is 16.9. The summed E-state index contributed by atoms with van der Waals surface area (Å²) >= 11 is 0. The van der Waals surface area contributed by atoms with Crippen LogP contribution in [0.1, 0.15) is 24.8 Å². The van der Waals surface area contributed by atoms with Crippen molar-refractivity contribution in [1.29, 1.82) is 0 Å². The number of aromatic nitrogens is 1. The second-order valence-electron chi connectivity index (χ2n) is 8.12. The number of piperidine rings is 1. The molecule has 1 fully saturated rings. The van der Waals surface area contributed by atoms with E-state index in [1.165, 1.54) is 41.3 Å². The quantitative estimate of drug-likeness (QED) is 0.407. The van der Waals surface area contributed by atoms with Gasteiger partial charge in [-0.15, -0.1) is 0 Å². The van der Waals surface area contributed by atoms with Gasteiger partial charge in [-0.05, 0) is 71.9 Å². The van der Waals surface area contributed by atoms with Crippen molar-refractivity contribution in [3.63, 3.8) is 0 Å². The van der Waals surface area contributed by atoms with Gasteiger partial charge in [0, 0.05) is 12.6 Å². The zero-order valence-corrected chi connectivity index (χ0v) is 16.9. The fraction of sp³-hybridized carbons (Fsp3) is 0.320. The molecule has 1 aliphatic heterocycles. The summed E-state index contributed by atoms with van der Waals surface area (Å²) in [6.07, 6.45) is 3.36. The van der Waals surface area contributed by atoms with E-state index in [1.807, 2.05) is 0 Å². The smallest absolute Gasteiger partial charge is 0.262 e. The number of fused-ring (bicyclic) bond motifs is 2. The van der Waals surface area contributed by atoms with Crippen molar-refractivity contribution in [2.45, 2.75) is 25.8 Å². The van der Waals surface area contributed by atoms with Gasteiger partial charge in [-0.3, -0.25) is 4.90 Å². The Bertz CT molecular complexity index is 1140. The van der Waals surface area contributed by atoms with E-state index in [4.69, 9.17) is 9.26 Å². The summed E-state index contributed by atoms with van der Waals surface area (Å²) in [6.45, 7) is 3.83. The first-order chi connectivity index (χ1) is 14.8. The van der Waals surface area contributed by atoms with Gasteiger partial charge in [0.15, 0.2) is 5.58 Å². The Hall–Kier alpha value is -2.92. The summed E-state index contributed by atoms with van der Waals surface area (Å²) in [5.41, 5.74) is 1.83. The highest BCUT2D eigenvalue weighted by atomic mass is 19.1. The maximum absolute atomic E-state index is 13.3. The lowest BCUT2D eigenvalue weighted by molar-refractivity contribution is 0.156. The Morgan fingerprint density at radius 3 is 2.73 bits per heavy atom. The molecular weight excluding hydrogens is 379 g/mol. The molecule has 30 heavy (non-hydrogen) atoms. The van der Waals surface area contributed by atoms with Crippen molar-refractivity contribution in [2.75, 3.05) is 19.7 Å². The Labute approximate surface area is 175 Å². The van der Waals surface area contributed by atoms with Gasteiger partial charge in [-0.2, -0.15) is 0 Å². The minimum Gasteiger partial charge on any atom is -0.475 e. The highest BCUT2D eigenvalue weighted by molar-refractivity contribution is 5.85. The average molecular weight is 404 g/mol. The molecule has 2 heterocycles. The van der Waals surface area contributed by atoms with Gasteiger partial charge in [0.05, 0.1) is 12.0 Å². The van der Waals surface area contributed by atoms with E-state index in [1.54, 1.807) is 6.07 Å². The molecule has 4 nitrogen and oxygen atoms in total. The SMILES string of the molecule is Fc1ccc2c(OCCC3CCN(Cc4cccc5ccccc45)CC3)noc2c1. The molecule has 3 aromatic carbocycles. The van der Waals surface area contributed by atoms with Crippen molar-refractivity contribution < 1.29 is 13.7 Å². The molecule has 1 aromatic heterocycles. The summed E-state index contributed by atoms with van der Waals surface area (Å²) in [5, 5.41) is 7.32. The number of likely N-dealkylation sites (tertiary alicyclic amines) is 1.